The van der Waals surface area contributed by atoms with Crippen molar-refractivity contribution >= 4 is 5.97 Å². The zero-order valence-corrected chi connectivity index (χ0v) is 12.4. The fourth-order valence-corrected chi connectivity index (χ4v) is 4.24. The molecule has 0 radical (unpaired) electrons. The number of aliphatic hydroxyl groups excluding tert-OH is 1. The van der Waals surface area contributed by atoms with E-state index in [4.69, 9.17) is 0 Å². The molecule has 114 valence electrons. The van der Waals surface area contributed by atoms with Crippen LogP contribution in [0.3, 0.4) is 0 Å². The van der Waals surface area contributed by atoms with Crippen molar-refractivity contribution in [3.8, 4) is 0 Å². The molecule has 1 aromatic rings. The SMILES string of the molecule is O=C(O)C1(CC(O)CC2CCCC2)Cc2ccccc2C1. The summed E-state index contributed by atoms with van der Waals surface area (Å²) < 4.78 is 0. The van der Waals surface area contributed by atoms with E-state index < -0.39 is 17.5 Å². The molecule has 2 N–H and O–H groups in total. The molecule has 1 unspecified atom stereocenters. The third-order valence-electron chi connectivity index (χ3n) is 5.34. The molecule has 0 amide bonds. The van der Waals surface area contributed by atoms with Gasteiger partial charge in [-0.15, -0.1) is 0 Å². The summed E-state index contributed by atoms with van der Waals surface area (Å²) >= 11 is 0. The minimum Gasteiger partial charge on any atom is -0.481 e. The molecule has 0 heterocycles. The normalized spacial score (nSPS) is 22.1. The van der Waals surface area contributed by atoms with Crippen LogP contribution in [-0.4, -0.2) is 22.3 Å². The lowest BCUT2D eigenvalue weighted by molar-refractivity contribution is -0.150. The van der Waals surface area contributed by atoms with Crippen LogP contribution in [0, 0.1) is 11.3 Å². The predicted octanol–water partition coefficient (Wildman–Crippen LogP) is 3.19. The summed E-state index contributed by atoms with van der Waals surface area (Å²) in [5, 5.41) is 20.1. The topological polar surface area (TPSA) is 57.5 Å². The third kappa shape index (κ3) is 2.98. The van der Waals surface area contributed by atoms with Crippen molar-refractivity contribution in [2.24, 2.45) is 11.3 Å². The predicted molar refractivity (Wildman–Crippen MR) is 81.1 cm³/mol. The van der Waals surface area contributed by atoms with Crippen molar-refractivity contribution < 1.29 is 15.0 Å². The molecular weight excluding hydrogens is 264 g/mol. The van der Waals surface area contributed by atoms with Crippen LogP contribution in [-0.2, 0) is 17.6 Å². The van der Waals surface area contributed by atoms with Crippen LogP contribution in [0.25, 0.3) is 0 Å². The lowest BCUT2D eigenvalue weighted by atomic mass is 9.78. The van der Waals surface area contributed by atoms with E-state index in [1.165, 1.54) is 25.7 Å². The van der Waals surface area contributed by atoms with Gasteiger partial charge in [0, 0.05) is 0 Å². The fourth-order valence-electron chi connectivity index (χ4n) is 4.24. The van der Waals surface area contributed by atoms with Gasteiger partial charge in [0.25, 0.3) is 0 Å². The van der Waals surface area contributed by atoms with Crippen molar-refractivity contribution in [1.29, 1.82) is 0 Å². The summed E-state index contributed by atoms with van der Waals surface area (Å²) in [7, 11) is 0. The Balaban J connectivity index is 1.70. The van der Waals surface area contributed by atoms with E-state index in [-0.39, 0.29) is 0 Å². The Morgan fingerprint density at radius 2 is 1.76 bits per heavy atom. The molecule has 1 saturated carbocycles. The Bertz CT molecular complexity index is 492. The molecule has 2 aliphatic carbocycles. The average molecular weight is 288 g/mol. The van der Waals surface area contributed by atoms with Gasteiger partial charge >= 0.3 is 5.97 Å². The zero-order chi connectivity index (χ0) is 14.9. The van der Waals surface area contributed by atoms with Crippen LogP contribution in [0.15, 0.2) is 24.3 Å². The molecule has 21 heavy (non-hydrogen) atoms. The monoisotopic (exact) mass is 288 g/mol. The third-order valence-corrected chi connectivity index (χ3v) is 5.34. The number of carboxylic acid groups (broad SMARTS) is 1. The first-order valence-electron chi connectivity index (χ1n) is 8.07. The van der Waals surface area contributed by atoms with Crippen LogP contribution in [0.2, 0.25) is 0 Å². The smallest absolute Gasteiger partial charge is 0.310 e. The van der Waals surface area contributed by atoms with Gasteiger partial charge in [-0.25, -0.2) is 0 Å². The Hall–Kier alpha value is -1.35. The summed E-state index contributed by atoms with van der Waals surface area (Å²) in [4.78, 5) is 11.9. The Morgan fingerprint density at radius 1 is 1.19 bits per heavy atom. The lowest BCUT2D eigenvalue weighted by Crippen LogP contribution is -2.36. The molecule has 3 heteroatoms. The second-order valence-electron chi connectivity index (χ2n) is 6.95. The van der Waals surface area contributed by atoms with Crippen LogP contribution in [0.1, 0.15) is 49.7 Å². The molecule has 1 atom stereocenters. The highest BCUT2D eigenvalue weighted by Crippen LogP contribution is 2.42. The Kier molecular flexibility index (Phi) is 4.03. The molecule has 3 rings (SSSR count). The molecular formula is C18H24O3. The number of carbonyl (C=O) groups is 1. The summed E-state index contributed by atoms with van der Waals surface area (Å²) in [6, 6.07) is 7.96. The molecule has 0 saturated heterocycles. The summed E-state index contributed by atoms with van der Waals surface area (Å²) in [5.74, 6) is -0.168. The largest absolute Gasteiger partial charge is 0.481 e. The lowest BCUT2D eigenvalue weighted by Gasteiger charge is -2.28. The van der Waals surface area contributed by atoms with Crippen LogP contribution in [0.4, 0.5) is 0 Å². The number of aliphatic hydroxyl groups is 1. The van der Waals surface area contributed by atoms with Crippen LogP contribution < -0.4 is 0 Å². The molecule has 0 aliphatic heterocycles. The first-order chi connectivity index (χ1) is 10.1. The van der Waals surface area contributed by atoms with Gasteiger partial charge in [-0.1, -0.05) is 49.9 Å². The minimum atomic E-state index is -0.804. The maximum Gasteiger partial charge on any atom is 0.310 e. The highest BCUT2D eigenvalue weighted by Gasteiger charge is 2.45. The van der Waals surface area contributed by atoms with E-state index in [0.29, 0.717) is 25.2 Å². The molecule has 1 fully saturated rings. The maximum absolute atomic E-state index is 11.9. The highest BCUT2D eigenvalue weighted by atomic mass is 16.4. The average Bonchev–Trinajstić information content (AvgIpc) is 3.05. The quantitative estimate of drug-likeness (QED) is 0.875. The summed E-state index contributed by atoms with van der Waals surface area (Å²) in [6.45, 7) is 0. The fraction of sp³-hybridized carbons (Fsp3) is 0.611. The van der Waals surface area contributed by atoms with Gasteiger partial charge < -0.3 is 10.2 Å². The van der Waals surface area contributed by atoms with E-state index in [1.807, 2.05) is 24.3 Å². The molecule has 0 aromatic heterocycles. The number of hydrogen-bond donors (Lipinski definition) is 2. The van der Waals surface area contributed by atoms with Gasteiger partial charge in [0.15, 0.2) is 0 Å². The first-order valence-corrected chi connectivity index (χ1v) is 8.07. The van der Waals surface area contributed by atoms with Crippen molar-refractivity contribution in [3.63, 3.8) is 0 Å². The number of carboxylic acids is 1. The Labute approximate surface area is 126 Å². The van der Waals surface area contributed by atoms with Gasteiger partial charge in [0.2, 0.25) is 0 Å². The molecule has 0 spiro atoms. The molecule has 2 aliphatic rings. The number of hydrogen-bond acceptors (Lipinski definition) is 2. The second-order valence-corrected chi connectivity index (χ2v) is 6.95. The molecule has 3 nitrogen and oxygen atoms in total. The summed E-state index contributed by atoms with van der Waals surface area (Å²) in [6.07, 6.45) is 6.67. The van der Waals surface area contributed by atoms with Gasteiger partial charge in [-0.3, -0.25) is 4.79 Å². The van der Waals surface area contributed by atoms with E-state index >= 15 is 0 Å². The Morgan fingerprint density at radius 3 is 2.29 bits per heavy atom. The first kappa shape index (κ1) is 14.6. The van der Waals surface area contributed by atoms with Crippen LogP contribution in [0.5, 0.6) is 0 Å². The van der Waals surface area contributed by atoms with Crippen molar-refractivity contribution in [1.82, 2.24) is 0 Å². The van der Waals surface area contributed by atoms with Crippen molar-refractivity contribution in [3.05, 3.63) is 35.4 Å². The molecule has 0 bridgehead atoms. The number of rotatable bonds is 5. The van der Waals surface area contributed by atoms with Gasteiger partial charge in [-0.2, -0.15) is 0 Å². The van der Waals surface area contributed by atoms with Gasteiger partial charge in [0.1, 0.15) is 0 Å². The number of benzene rings is 1. The maximum atomic E-state index is 11.9. The van der Waals surface area contributed by atoms with E-state index in [0.717, 1.165) is 17.5 Å². The van der Waals surface area contributed by atoms with Gasteiger partial charge in [-0.05, 0) is 42.7 Å². The van der Waals surface area contributed by atoms with E-state index in [2.05, 4.69) is 0 Å². The standard InChI is InChI=1S/C18H24O3/c19-16(9-13-5-1-2-6-13)12-18(17(20)21)10-14-7-3-4-8-15(14)11-18/h3-4,7-8,13,16,19H,1-2,5-6,9-12H2,(H,20,21). The van der Waals surface area contributed by atoms with Gasteiger partial charge in [0.05, 0.1) is 11.5 Å². The number of aliphatic carboxylic acids is 1. The zero-order valence-electron chi connectivity index (χ0n) is 12.4. The van der Waals surface area contributed by atoms with Crippen molar-refractivity contribution in [2.75, 3.05) is 0 Å². The van der Waals surface area contributed by atoms with Crippen molar-refractivity contribution in [2.45, 2.75) is 57.5 Å². The molecule has 1 aromatic carbocycles. The minimum absolute atomic E-state index is 0.382. The number of fused-ring (bicyclic) bond motifs is 1. The van der Waals surface area contributed by atoms with E-state index in [1.54, 1.807) is 0 Å². The van der Waals surface area contributed by atoms with Crippen LogP contribution >= 0.6 is 0 Å². The second kappa shape index (κ2) is 5.80. The van der Waals surface area contributed by atoms with E-state index in [9.17, 15) is 15.0 Å². The highest BCUT2D eigenvalue weighted by molar-refractivity contribution is 5.77. The summed E-state index contributed by atoms with van der Waals surface area (Å²) in [5.41, 5.74) is 1.46.